The number of amides is 1. The average Bonchev–Trinajstić information content (AvgIpc) is 3.26. The summed E-state index contributed by atoms with van der Waals surface area (Å²) < 4.78 is 39.9. The van der Waals surface area contributed by atoms with Gasteiger partial charge >= 0.3 is 6.18 Å². The molecule has 1 amide bonds. The molecule has 0 bridgehead atoms. The Hall–Kier alpha value is -4.58. The van der Waals surface area contributed by atoms with Crippen LogP contribution >= 0.6 is 0 Å². The molecule has 0 saturated carbocycles. The van der Waals surface area contributed by atoms with E-state index in [1.54, 1.807) is 35.3 Å². The molecule has 0 aliphatic carbocycles. The van der Waals surface area contributed by atoms with Gasteiger partial charge in [-0.15, -0.1) is 0 Å². The second kappa shape index (κ2) is 9.35. The lowest BCUT2D eigenvalue weighted by atomic mass is 10.1. The minimum absolute atomic E-state index is 0.109. The molecule has 0 radical (unpaired) electrons. The number of alkyl halides is 3. The summed E-state index contributed by atoms with van der Waals surface area (Å²) in [6.07, 6.45) is 0.769. The monoisotopic (exact) mass is 475 g/mol. The van der Waals surface area contributed by atoms with E-state index in [1.807, 2.05) is 26.2 Å². The molecule has 176 valence electrons. The van der Waals surface area contributed by atoms with Gasteiger partial charge in [0.2, 0.25) is 0 Å². The molecular weight excluding hydrogens is 455 g/mol. The van der Waals surface area contributed by atoms with Gasteiger partial charge in [-0.2, -0.15) is 18.3 Å². The zero-order chi connectivity index (χ0) is 25.2. The van der Waals surface area contributed by atoms with Crippen LogP contribution in [-0.2, 0) is 13.2 Å². The fourth-order valence-corrected chi connectivity index (χ4v) is 3.29. The van der Waals surface area contributed by atoms with Crippen molar-refractivity contribution < 1.29 is 18.0 Å². The maximum atomic E-state index is 12.8. The van der Waals surface area contributed by atoms with Crippen LogP contribution < -0.4 is 11.1 Å². The maximum Gasteiger partial charge on any atom is 0.416 e. The Kier molecular flexibility index (Phi) is 6.30. The molecule has 2 aromatic carbocycles. The molecule has 2 aromatic heterocycles. The number of nitrogens with two attached hydrogens (primary N) is 1. The summed E-state index contributed by atoms with van der Waals surface area (Å²) in [6.45, 7) is 1.87. The normalized spacial score (nSPS) is 11.0. The van der Waals surface area contributed by atoms with E-state index in [9.17, 15) is 18.0 Å². The van der Waals surface area contributed by atoms with E-state index in [4.69, 9.17) is 5.73 Å². The second-order valence-electron chi connectivity index (χ2n) is 7.87. The van der Waals surface area contributed by atoms with Gasteiger partial charge in [-0.25, -0.2) is 4.98 Å². The smallest absolute Gasteiger partial charge is 0.383 e. The van der Waals surface area contributed by atoms with Crippen molar-refractivity contribution in [2.75, 3.05) is 11.1 Å². The lowest BCUT2D eigenvalue weighted by Crippen LogP contribution is -2.13. The number of hydrogen-bond donors (Lipinski definition) is 2. The molecule has 35 heavy (non-hydrogen) atoms. The van der Waals surface area contributed by atoms with Crippen LogP contribution in [0.25, 0.3) is 11.1 Å². The molecule has 0 unspecified atom stereocenters. The zero-order valence-electron chi connectivity index (χ0n) is 18.8. The van der Waals surface area contributed by atoms with E-state index >= 15 is 0 Å². The highest BCUT2D eigenvalue weighted by Crippen LogP contribution is 2.29. The van der Waals surface area contributed by atoms with Gasteiger partial charge in [0.1, 0.15) is 5.82 Å². The highest BCUT2D eigenvalue weighted by Gasteiger charge is 2.30. The molecule has 6 nitrogen and oxygen atoms in total. The zero-order valence-corrected chi connectivity index (χ0v) is 18.8. The first-order chi connectivity index (χ1) is 16.6. The first-order valence-corrected chi connectivity index (χ1v) is 10.5. The van der Waals surface area contributed by atoms with Gasteiger partial charge in [0, 0.05) is 47.4 Å². The SMILES string of the molecule is Cc1ccc(NC(=O)c2ccc(C(F)(F)F)cc2)cc1C#Cc1cc(-c2cnn(C)c2)cnc1N. The molecule has 0 fully saturated rings. The Morgan fingerprint density at radius 1 is 1.00 bits per heavy atom. The number of pyridine rings is 1. The van der Waals surface area contributed by atoms with Crippen LogP contribution in [0.1, 0.15) is 32.6 Å². The van der Waals surface area contributed by atoms with E-state index in [0.29, 0.717) is 16.8 Å². The van der Waals surface area contributed by atoms with Crippen LogP contribution in [0, 0.1) is 18.8 Å². The first kappa shape index (κ1) is 23.6. The predicted octanol–water partition coefficient (Wildman–Crippen LogP) is 5.04. The van der Waals surface area contributed by atoms with Gasteiger partial charge < -0.3 is 11.1 Å². The molecule has 9 heteroatoms. The lowest BCUT2D eigenvalue weighted by Gasteiger charge is -2.09. The summed E-state index contributed by atoms with van der Waals surface area (Å²) in [5.74, 6) is 5.86. The molecule has 0 saturated heterocycles. The van der Waals surface area contributed by atoms with Gasteiger partial charge in [-0.05, 0) is 55.0 Å². The highest BCUT2D eigenvalue weighted by molar-refractivity contribution is 6.04. The highest BCUT2D eigenvalue weighted by atomic mass is 19.4. The number of benzene rings is 2. The number of nitrogens with one attached hydrogen (secondary N) is 1. The molecule has 4 rings (SSSR count). The summed E-state index contributed by atoms with van der Waals surface area (Å²) in [4.78, 5) is 16.7. The van der Waals surface area contributed by atoms with Crippen LogP contribution in [0.4, 0.5) is 24.7 Å². The maximum absolute atomic E-state index is 12.8. The minimum Gasteiger partial charge on any atom is -0.383 e. The molecular formula is C26H20F3N5O. The third-order valence-corrected chi connectivity index (χ3v) is 5.26. The van der Waals surface area contributed by atoms with Gasteiger partial charge in [0.05, 0.1) is 17.3 Å². The number of anilines is 2. The molecule has 0 atom stereocenters. The number of carbonyl (C=O) groups is 1. The molecule has 2 heterocycles. The molecule has 4 aromatic rings. The fraction of sp³-hybridized carbons (Fsp3) is 0.115. The third kappa shape index (κ3) is 5.50. The van der Waals surface area contributed by atoms with Crippen LogP contribution in [0.2, 0.25) is 0 Å². The van der Waals surface area contributed by atoms with E-state index in [1.165, 1.54) is 0 Å². The Morgan fingerprint density at radius 3 is 2.37 bits per heavy atom. The molecule has 0 aliphatic heterocycles. The van der Waals surface area contributed by atoms with Gasteiger partial charge in [0.15, 0.2) is 0 Å². The Morgan fingerprint density at radius 2 is 1.71 bits per heavy atom. The third-order valence-electron chi connectivity index (χ3n) is 5.26. The number of aromatic nitrogens is 3. The van der Waals surface area contributed by atoms with Crippen molar-refractivity contribution in [1.29, 1.82) is 0 Å². The van der Waals surface area contributed by atoms with Gasteiger partial charge in [-0.3, -0.25) is 9.48 Å². The predicted molar refractivity (Wildman–Crippen MR) is 127 cm³/mol. The van der Waals surface area contributed by atoms with E-state index in [0.717, 1.165) is 41.0 Å². The van der Waals surface area contributed by atoms with E-state index < -0.39 is 17.6 Å². The van der Waals surface area contributed by atoms with Crippen molar-refractivity contribution >= 4 is 17.4 Å². The number of aryl methyl sites for hydroxylation is 2. The van der Waals surface area contributed by atoms with Gasteiger partial charge in [0.25, 0.3) is 5.91 Å². The Balaban J connectivity index is 1.56. The van der Waals surface area contributed by atoms with Gasteiger partial charge in [-0.1, -0.05) is 17.9 Å². The number of nitrogen functional groups attached to an aromatic ring is 1. The second-order valence-corrected chi connectivity index (χ2v) is 7.87. The summed E-state index contributed by atoms with van der Waals surface area (Å²) in [5.41, 5.74) is 9.54. The van der Waals surface area contributed by atoms with Crippen molar-refractivity contribution in [3.05, 3.63) is 94.9 Å². The number of hydrogen-bond acceptors (Lipinski definition) is 4. The number of halogens is 3. The number of carbonyl (C=O) groups excluding carboxylic acids is 1. The van der Waals surface area contributed by atoms with Crippen molar-refractivity contribution in [2.45, 2.75) is 13.1 Å². The molecule has 0 spiro atoms. The largest absolute Gasteiger partial charge is 0.416 e. The summed E-state index contributed by atoms with van der Waals surface area (Å²) in [7, 11) is 1.82. The van der Waals surface area contributed by atoms with Crippen molar-refractivity contribution in [2.24, 2.45) is 7.05 Å². The van der Waals surface area contributed by atoms with Crippen LogP contribution in [0.3, 0.4) is 0 Å². The Bertz CT molecular complexity index is 1460. The summed E-state index contributed by atoms with van der Waals surface area (Å²) in [6, 6.07) is 11.0. The van der Waals surface area contributed by atoms with Crippen LogP contribution in [0.5, 0.6) is 0 Å². The molecule has 3 N–H and O–H groups in total. The van der Waals surface area contributed by atoms with Crippen molar-refractivity contribution in [1.82, 2.24) is 14.8 Å². The lowest BCUT2D eigenvalue weighted by molar-refractivity contribution is -0.137. The Labute approximate surface area is 199 Å². The van der Waals surface area contributed by atoms with Crippen molar-refractivity contribution in [3.8, 4) is 23.0 Å². The van der Waals surface area contributed by atoms with E-state index in [-0.39, 0.29) is 11.4 Å². The number of rotatable bonds is 3. The quantitative estimate of drug-likeness (QED) is 0.407. The minimum atomic E-state index is -4.46. The van der Waals surface area contributed by atoms with E-state index in [2.05, 4.69) is 27.2 Å². The molecule has 0 aliphatic rings. The summed E-state index contributed by atoms with van der Waals surface area (Å²) in [5, 5.41) is 6.85. The fourth-order valence-electron chi connectivity index (χ4n) is 3.29. The topological polar surface area (TPSA) is 85.8 Å². The van der Waals surface area contributed by atoms with Crippen molar-refractivity contribution in [3.63, 3.8) is 0 Å². The number of nitrogens with zero attached hydrogens (tertiary/aromatic N) is 3. The van der Waals surface area contributed by atoms with Crippen LogP contribution in [-0.4, -0.2) is 20.7 Å². The average molecular weight is 475 g/mol. The van der Waals surface area contributed by atoms with Crippen LogP contribution in [0.15, 0.2) is 67.1 Å². The first-order valence-electron chi connectivity index (χ1n) is 10.5. The summed E-state index contributed by atoms with van der Waals surface area (Å²) >= 11 is 0. The standard InChI is InChI=1S/C26H20F3N5O/c1-16-3-10-23(33-25(35)17-6-8-22(9-7-17)26(27,28)29)12-18(16)4-5-19-11-20(13-31-24(19)30)21-14-32-34(2)15-21/h3,6-15H,1-2H3,(H2,30,31)(H,33,35).